The molecule has 7 heteroatoms. The fourth-order valence-corrected chi connectivity index (χ4v) is 2.34. The summed E-state index contributed by atoms with van der Waals surface area (Å²) in [5.74, 6) is -0.984. The molecule has 0 fully saturated rings. The van der Waals surface area contributed by atoms with Crippen LogP contribution in [0.3, 0.4) is 0 Å². The number of nitrogens with one attached hydrogen (secondary N) is 1. The van der Waals surface area contributed by atoms with Gasteiger partial charge < -0.3 is 14.8 Å². The summed E-state index contributed by atoms with van der Waals surface area (Å²) in [5.41, 5.74) is 1.31. The van der Waals surface area contributed by atoms with E-state index in [1.54, 1.807) is 54.6 Å². The molecule has 1 N–H and O–H groups in total. The molecule has 1 amide bonds. The first-order valence-electron chi connectivity index (χ1n) is 8.72. The van der Waals surface area contributed by atoms with Gasteiger partial charge in [0.2, 0.25) is 0 Å². The topological polar surface area (TPSA) is 105 Å². The van der Waals surface area contributed by atoms with E-state index in [1.807, 2.05) is 0 Å². The molecule has 2 rings (SSSR count). The van der Waals surface area contributed by atoms with Crippen molar-refractivity contribution in [2.75, 3.05) is 12.4 Å². The summed E-state index contributed by atoms with van der Waals surface area (Å²) in [6.45, 7) is 2.85. The van der Waals surface area contributed by atoms with Gasteiger partial charge in [-0.15, -0.1) is 0 Å². The Kier molecular flexibility index (Phi) is 7.26. The summed E-state index contributed by atoms with van der Waals surface area (Å²) in [6, 6.07) is 14.9. The lowest BCUT2D eigenvalue weighted by atomic mass is 10.1. The number of nitriles is 1. The van der Waals surface area contributed by atoms with Crippen molar-refractivity contribution in [3.63, 3.8) is 0 Å². The zero-order valence-corrected chi connectivity index (χ0v) is 16.3. The van der Waals surface area contributed by atoms with Gasteiger partial charge in [0.1, 0.15) is 17.4 Å². The average molecular weight is 392 g/mol. The lowest BCUT2D eigenvalue weighted by Crippen LogP contribution is -2.30. The Balaban J connectivity index is 2.03. The van der Waals surface area contributed by atoms with Crippen molar-refractivity contribution in [2.45, 2.75) is 20.0 Å². The van der Waals surface area contributed by atoms with E-state index >= 15 is 0 Å². The summed E-state index contributed by atoms with van der Waals surface area (Å²) < 4.78 is 10.2. The number of hydrogen-bond donors (Lipinski definition) is 1. The van der Waals surface area contributed by atoms with Crippen LogP contribution >= 0.6 is 0 Å². The number of nitrogens with zero attached hydrogens (tertiary/aromatic N) is 1. The van der Waals surface area contributed by atoms with Gasteiger partial charge in [-0.1, -0.05) is 12.1 Å². The van der Waals surface area contributed by atoms with Crippen LogP contribution in [-0.2, 0) is 14.3 Å². The van der Waals surface area contributed by atoms with Crippen LogP contribution < -0.4 is 10.1 Å². The molecule has 0 radical (unpaired) electrons. The normalized spacial score (nSPS) is 11.7. The Hall–Kier alpha value is -3.92. The van der Waals surface area contributed by atoms with Gasteiger partial charge in [-0.25, -0.2) is 4.79 Å². The van der Waals surface area contributed by atoms with E-state index < -0.39 is 18.0 Å². The van der Waals surface area contributed by atoms with E-state index in [4.69, 9.17) is 9.47 Å². The largest absolute Gasteiger partial charge is 0.497 e. The zero-order valence-electron chi connectivity index (χ0n) is 16.3. The molecule has 2 aromatic rings. The van der Waals surface area contributed by atoms with Crippen LogP contribution in [0.15, 0.2) is 54.1 Å². The smallest absolute Gasteiger partial charge is 0.349 e. The maximum atomic E-state index is 12.3. The van der Waals surface area contributed by atoms with Crippen molar-refractivity contribution in [2.24, 2.45) is 0 Å². The molecule has 0 aliphatic rings. The number of anilines is 1. The number of amides is 1. The minimum absolute atomic E-state index is 0.0861. The van der Waals surface area contributed by atoms with E-state index in [1.165, 1.54) is 27.0 Å². The van der Waals surface area contributed by atoms with Crippen LogP contribution in [0.1, 0.15) is 29.8 Å². The fourth-order valence-electron chi connectivity index (χ4n) is 2.34. The molecule has 0 aliphatic heterocycles. The molecule has 1 atom stereocenters. The second-order valence-electron chi connectivity index (χ2n) is 6.12. The number of hydrogen-bond acceptors (Lipinski definition) is 6. The Morgan fingerprint density at radius 2 is 1.83 bits per heavy atom. The van der Waals surface area contributed by atoms with Crippen LogP contribution in [0.2, 0.25) is 0 Å². The lowest BCUT2D eigenvalue weighted by molar-refractivity contribution is -0.148. The van der Waals surface area contributed by atoms with Gasteiger partial charge in [0.05, 0.1) is 7.11 Å². The molecular weight excluding hydrogens is 372 g/mol. The summed E-state index contributed by atoms with van der Waals surface area (Å²) in [6.07, 6.45) is 0.229. The van der Waals surface area contributed by atoms with E-state index in [9.17, 15) is 19.6 Å². The maximum Gasteiger partial charge on any atom is 0.349 e. The highest BCUT2D eigenvalue weighted by Gasteiger charge is 2.21. The number of ketones is 1. The number of Topliss-reactive ketones (excluding diaryl/α,β-unsaturated/α-hetero) is 1. The maximum absolute atomic E-state index is 12.3. The average Bonchev–Trinajstić information content (AvgIpc) is 2.72. The number of ether oxygens (including phenoxy) is 2. The first-order chi connectivity index (χ1) is 13.8. The van der Waals surface area contributed by atoms with Gasteiger partial charge in [0.15, 0.2) is 11.9 Å². The summed E-state index contributed by atoms with van der Waals surface area (Å²) >= 11 is 0. The van der Waals surface area contributed by atoms with Gasteiger partial charge >= 0.3 is 5.97 Å². The van der Waals surface area contributed by atoms with Crippen molar-refractivity contribution in [3.8, 4) is 11.8 Å². The molecule has 0 unspecified atom stereocenters. The molecule has 7 nitrogen and oxygen atoms in total. The lowest BCUT2D eigenvalue weighted by Gasteiger charge is -2.13. The quantitative estimate of drug-likeness (QED) is 0.335. The molecule has 0 bridgehead atoms. The Labute approximate surface area is 168 Å². The highest BCUT2D eigenvalue weighted by atomic mass is 16.5. The summed E-state index contributed by atoms with van der Waals surface area (Å²) in [7, 11) is 1.51. The molecule has 0 aliphatic carbocycles. The van der Waals surface area contributed by atoms with Gasteiger partial charge in [-0.05, 0) is 61.9 Å². The molecule has 0 spiro atoms. The minimum Gasteiger partial charge on any atom is -0.497 e. The van der Waals surface area contributed by atoms with E-state index in [2.05, 4.69) is 5.32 Å². The number of carbonyl (C=O) groups excluding carboxylic acids is 3. The van der Waals surface area contributed by atoms with Crippen LogP contribution in [0.25, 0.3) is 6.08 Å². The predicted octanol–water partition coefficient (Wildman–Crippen LogP) is 3.38. The Morgan fingerprint density at radius 1 is 1.14 bits per heavy atom. The number of carbonyl (C=O) groups is 3. The predicted molar refractivity (Wildman–Crippen MR) is 107 cm³/mol. The Bertz CT molecular complexity index is 987. The molecule has 0 saturated heterocycles. The zero-order chi connectivity index (χ0) is 21.4. The molecule has 2 aromatic carbocycles. The Morgan fingerprint density at radius 3 is 2.41 bits per heavy atom. The van der Waals surface area contributed by atoms with E-state index in [0.29, 0.717) is 22.6 Å². The van der Waals surface area contributed by atoms with Crippen LogP contribution in [0.4, 0.5) is 5.69 Å². The number of benzene rings is 2. The standard InChI is InChI=1S/C22H20N2O5/c1-14(25)17-7-9-19(10-8-17)24-21(26)15(2)29-22(27)18(13-23)11-16-5-4-6-20(12-16)28-3/h4-12,15H,1-3H3,(H,24,26)/b18-11+/t15-/m0/s1. The van der Waals surface area contributed by atoms with Crippen LogP contribution in [-0.4, -0.2) is 30.9 Å². The molecule has 148 valence electrons. The second-order valence-corrected chi connectivity index (χ2v) is 6.12. The van der Waals surface area contributed by atoms with Crippen molar-refractivity contribution in [1.82, 2.24) is 0 Å². The molecule has 0 aromatic heterocycles. The fraction of sp³-hybridized carbons (Fsp3) is 0.182. The number of rotatable bonds is 7. The SMILES string of the molecule is COc1cccc(/C=C(\C#N)C(=O)O[C@@H](C)C(=O)Nc2ccc(C(C)=O)cc2)c1. The monoisotopic (exact) mass is 392 g/mol. The third kappa shape index (κ3) is 6.04. The van der Waals surface area contributed by atoms with E-state index in [-0.39, 0.29) is 11.4 Å². The van der Waals surface area contributed by atoms with Gasteiger partial charge in [0, 0.05) is 11.3 Å². The highest BCUT2D eigenvalue weighted by Crippen LogP contribution is 2.16. The number of esters is 1. The third-order valence-corrected chi connectivity index (χ3v) is 3.96. The van der Waals surface area contributed by atoms with Gasteiger partial charge in [-0.3, -0.25) is 9.59 Å². The summed E-state index contributed by atoms with van der Waals surface area (Å²) in [4.78, 5) is 35.8. The van der Waals surface area contributed by atoms with E-state index in [0.717, 1.165) is 0 Å². The molecular formula is C22H20N2O5. The molecule has 29 heavy (non-hydrogen) atoms. The summed E-state index contributed by atoms with van der Waals surface area (Å²) in [5, 5.41) is 11.9. The minimum atomic E-state index is -1.13. The van der Waals surface area contributed by atoms with Crippen molar-refractivity contribution in [1.29, 1.82) is 5.26 Å². The third-order valence-electron chi connectivity index (χ3n) is 3.96. The molecule has 0 saturated carbocycles. The van der Waals surface area contributed by atoms with Crippen molar-refractivity contribution in [3.05, 3.63) is 65.2 Å². The first-order valence-corrected chi connectivity index (χ1v) is 8.72. The van der Waals surface area contributed by atoms with Crippen molar-refractivity contribution >= 4 is 29.4 Å². The van der Waals surface area contributed by atoms with Crippen LogP contribution in [0, 0.1) is 11.3 Å². The van der Waals surface area contributed by atoms with Crippen LogP contribution in [0.5, 0.6) is 5.75 Å². The first kappa shape index (κ1) is 21.4. The highest BCUT2D eigenvalue weighted by molar-refractivity contribution is 6.01. The second kappa shape index (κ2) is 9.85. The van der Waals surface area contributed by atoms with Gasteiger partial charge in [-0.2, -0.15) is 5.26 Å². The van der Waals surface area contributed by atoms with Crippen molar-refractivity contribution < 1.29 is 23.9 Å². The number of methoxy groups -OCH3 is 1. The molecule has 0 heterocycles. The van der Waals surface area contributed by atoms with Gasteiger partial charge in [0.25, 0.3) is 5.91 Å².